The highest BCUT2D eigenvalue weighted by Crippen LogP contribution is 2.15. The maximum absolute atomic E-state index is 11.0. The summed E-state index contributed by atoms with van der Waals surface area (Å²) in [7, 11) is 0. The van der Waals surface area contributed by atoms with Gasteiger partial charge < -0.3 is 9.84 Å². The lowest BCUT2D eigenvalue weighted by Crippen LogP contribution is -2.17. The van der Waals surface area contributed by atoms with Crippen molar-refractivity contribution in [1.29, 1.82) is 0 Å². The summed E-state index contributed by atoms with van der Waals surface area (Å²) in [6.07, 6.45) is 10.9. The Morgan fingerprint density at radius 2 is 1.61 bits per heavy atom. The van der Waals surface area contributed by atoms with Gasteiger partial charge in [-0.25, -0.2) is 0 Å². The normalized spacial score (nSPS) is 12.2. The molecule has 1 atom stereocenters. The number of unbranched alkanes of at least 4 members (excludes halogenated alkanes) is 7. The number of carboxylic acid groups (broad SMARTS) is 1. The van der Waals surface area contributed by atoms with Gasteiger partial charge in [-0.2, -0.15) is 0 Å². The Hall–Kier alpha value is -1.35. The van der Waals surface area contributed by atoms with Crippen molar-refractivity contribution in [3.8, 4) is 0 Å². The second-order valence-corrected chi connectivity index (χ2v) is 6.28. The van der Waals surface area contributed by atoms with Crippen LogP contribution < -0.4 is 0 Å². The molecule has 130 valence electrons. The van der Waals surface area contributed by atoms with Crippen molar-refractivity contribution in [2.45, 2.75) is 83.8 Å². The van der Waals surface area contributed by atoms with E-state index in [1.807, 2.05) is 30.3 Å². The van der Waals surface area contributed by atoms with Crippen LogP contribution in [0.1, 0.15) is 76.7 Å². The van der Waals surface area contributed by atoms with E-state index >= 15 is 0 Å². The highest BCUT2D eigenvalue weighted by molar-refractivity contribution is 5.67. The monoisotopic (exact) mass is 320 g/mol. The lowest BCUT2D eigenvalue weighted by Gasteiger charge is -2.16. The van der Waals surface area contributed by atoms with Crippen LogP contribution >= 0.6 is 0 Å². The van der Waals surface area contributed by atoms with Crippen LogP contribution in [0.15, 0.2) is 30.3 Å². The minimum absolute atomic E-state index is 0.101. The van der Waals surface area contributed by atoms with Crippen LogP contribution in [0.2, 0.25) is 0 Å². The molecule has 0 saturated heterocycles. The maximum Gasteiger partial charge on any atom is 0.305 e. The molecule has 0 spiro atoms. The van der Waals surface area contributed by atoms with Crippen molar-refractivity contribution in [1.82, 2.24) is 0 Å². The number of benzene rings is 1. The van der Waals surface area contributed by atoms with Crippen molar-refractivity contribution in [3.63, 3.8) is 0 Å². The van der Waals surface area contributed by atoms with Gasteiger partial charge in [0.2, 0.25) is 0 Å². The van der Waals surface area contributed by atoms with Gasteiger partial charge in [-0.15, -0.1) is 0 Å². The zero-order valence-electron chi connectivity index (χ0n) is 14.5. The molecule has 0 amide bonds. The molecular weight excluding hydrogens is 288 g/mol. The summed E-state index contributed by atoms with van der Waals surface area (Å²) >= 11 is 0. The van der Waals surface area contributed by atoms with Gasteiger partial charge in [0.05, 0.1) is 19.1 Å². The lowest BCUT2D eigenvalue weighted by molar-refractivity contribution is -0.140. The first-order chi connectivity index (χ1) is 11.2. The SMILES string of the molecule is CCCCCCCCCC[C@@H](CC(=O)O)OCc1ccccc1. The topological polar surface area (TPSA) is 46.5 Å². The fourth-order valence-corrected chi connectivity index (χ4v) is 2.73. The Morgan fingerprint density at radius 1 is 1.00 bits per heavy atom. The Morgan fingerprint density at radius 3 is 2.22 bits per heavy atom. The van der Waals surface area contributed by atoms with Gasteiger partial charge in [0.1, 0.15) is 0 Å². The van der Waals surface area contributed by atoms with Gasteiger partial charge in [0.15, 0.2) is 0 Å². The van der Waals surface area contributed by atoms with E-state index in [1.54, 1.807) is 0 Å². The predicted octanol–water partition coefficient (Wildman–Crippen LogP) is 5.58. The summed E-state index contributed by atoms with van der Waals surface area (Å²) in [4.78, 5) is 11.0. The summed E-state index contributed by atoms with van der Waals surface area (Å²) in [5.74, 6) is -0.775. The quantitative estimate of drug-likeness (QED) is 0.455. The Bertz CT molecular complexity index is 403. The molecule has 3 nitrogen and oxygen atoms in total. The summed E-state index contributed by atoms with van der Waals surface area (Å²) in [6.45, 7) is 2.73. The standard InChI is InChI=1S/C20H32O3/c1-2-3-4-5-6-7-8-12-15-19(16-20(21)22)23-17-18-13-10-9-11-14-18/h9-11,13-14,19H,2-8,12,15-17H2,1H3,(H,21,22)/t19-/m0/s1. The molecule has 1 aromatic carbocycles. The van der Waals surface area contributed by atoms with Crippen LogP contribution in [0.3, 0.4) is 0 Å². The third kappa shape index (κ3) is 10.9. The van der Waals surface area contributed by atoms with Gasteiger partial charge in [0, 0.05) is 0 Å². The van der Waals surface area contributed by atoms with Gasteiger partial charge in [-0.1, -0.05) is 88.6 Å². The molecule has 0 radical (unpaired) electrons. The molecule has 0 unspecified atom stereocenters. The van der Waals surface area contributed by atoms with Crippen molar-refractivity contribution in [2.75, 3.05) is 0 Å². The zero-order chi connectivity index (χ0) is 16.8. The fourth-order valence-electron chi connectivity index (χ4n) is 2.73. The first kappa shape index (κ1) is 19.7. The zero-order valence-corrected chi connectivity index (χ0v) is 14.5. The number of aliphatic carboxylic acids is 1. The van der Waals surface area contributed by atoms with Crippen molar-refractivity contribution in [2.24, 2.45) is 0 Å². The van der Waals surface area contributed by atoms with Gasteiger partial charge in [-0.3, -0.25) is 4.79 Å². The molecule has 0 aliphatic rings. The van der Waals surface area contributed by atoms with E-state index in [-0.39, 0.29) is 12.5 Å². The Labute approximate surface area is 141 Å². The smallest absolute Gasteiger partial charge is 0.305 e. The Kier molecular flexibility index (Phi) is 11.2. The number of rotatable bonds is 14. The van der Waals surface area contributed by atoms with Crippen LogP contribution in [0.25, 0.3) is 0 Å². The van der Waals surface area contributed by atoms with E-state index in [1.165, 1.54) is 44.9 Å². The maximum atomic E-state index is 11.0. The molecule has 1 N–H and O–H groups in total. The first-order valence-corrected chi connectivity index (χ1v) is 9.09. The molecule has 23 heavy (non-hydrogen) atoms. The van der Waals surface area contributed by atoms with Crippen LogP contribution in [-0.2, 0) is 16.1 Å². The average Bonchev–Trinajstić information content (AvgIpc) is 2.55. The van der Waals surface area contributed by atoms with Crippen LogP contribution in [-0.4, -0.2) is 17.2 Å². The number of carboxylic acids is 1. The van der Waals surface area contributed by atoms with E-state index in [4.69, 9.17) is 9.84 Å². The van der Waals surface area contributed by atoms with Crippen molar-refractivity contribution >= 4 is 5.97 Å². The van der Waals surface area contributed by atoms with Gasteiger partial charge in [0.25, 0.3) is 0 Å². The minimum atomic E-state index is -0.775. The summed E-state index contributed by atoms with van der Waals surface area (Å²) in [6, 6.07) is 9.94. The largest absolute Gasteiger partial charge is 0.481 e. The highest BCUT2D eigenvalue weighted by atomic mass is 16.5. The second kappa shape index (κ2) is 13.1. The summed E-state index contributed by atoms with van der Waals surface area (Å²) in [5, 5.41) is 9.02. The lowest BCUT2D eigenvalue weighted by atomic mass is 10.0. The van der Waals surface area contributed by atoms with Crippen molar-refractivity contribution < 1.29 is 14.6 Å². The predicted molar refractivity (Wildman–Crippen MR) is 94.5 cm³/mol. The number of carbonyl (C=O) groups is 1. The Balaban J connectivity index is 2.17. The molecule has 3 heteroatoms. The van der Waals surface area contributed by atoms with E-state index in [0.29, 0.717) is 6.61 Å². The molecular formula is C20H32O3. The molecule has 0 fully saturated rings. The number of hydrogen-bond acceptors (Lipinski definition) is 2. The summed E-state index contributed by atoms with van der Waals surface area (Å²) < 4.78 is 5.82. The third-order valence-corrected chi connectivity index (χ3v) is 4.11. The fraction of sp³-hybridized carbons (Fsp3) is 0.650. The molecule has 1 rings (SSSR count). The first-order valence-electron chi connectivity index (χ1n) is 9.09. The number of hydrogen-bond donors (Lipinski definition) is 1. The number of ether oxygens (including phenoxy) is 1. The van der Waals surface area contributed by atoms with Crippen LogP contribution in [0.5, 0.6) is 0 Å². The van der Waals surface area contributed by atoms with Crippen molar-refractivity contribution in [3.05, 3.63) is 35.9 Å². The minimum Gasteiger partial charge on any atom is -0.481 e. The molecule has 0 aliphatic heterocycles. The summed E-state index contributed by atoms with van der Waals surface area (Å²) in [5.41, 5.74) is 1.10. The molecule has 0 bridgehead atoms. The van der Waals surface area contributed by atoms with E-state index in [0.717, 1.165) is 18.4 Å². The molecule has 0 aliphatic carbocycles. The van der Waals surface area contributed by atoms with E-state index in [9.17, 15) is 4.79 Å². The van der Waals surface area contributed by atoms with Gasteiger partial charge >= 0.3 is 5.97 Å². The molecule has 0 aromatic heterocycles. The molecule has 1 aromatic rings. The molecule has 0 saturated carbocycles. The van der Waals surface area contributed by atoms with E-state index < -0.39 is 5.97 Å². The van der Waals surface area contributed by atoms with Crippen LogP contribution in [0.4, 0.5) is 0 Å². The van der Waals surface area contributed by atoms with E-state index in [2.05, 4.69) is 6.92 Å². The molecule has 0 heterocycles. The highest BCUT2D eigenvalue weighted by Gasteiger charge is 2.13. The van der Waals surface area contributed by atoms with Gasteiger partial charge in [-0.05, 0) is 12.0 Å². The average molecular weight is 320 g/mol. The van der Waals surface area contributed by atoms with Crippen LogP contribution in [0, 0.1) is 0 Å². The second-order valence-electron chi connectivity index (χ2n) is 6.28. The third-order valence-electron chi connectivity index (χ3n) is 4.11.